The van der Waals surface area contributed by atoms with Crippen LogP contribution in [0.15, 0.2) is 42.5 Å². The summed E-state index contributed by atoms with van der Waals surface area (Å²) < 4.78 is 15.9. The Morgan fingerprint density at radius 3 is 2.21 bits per heavy atom. The summed E-state index contributed by atoms with van der Waals surface area (Å²) in [5.41, 5.74) is 1.29. The van der Waals surface area contributed by atoms with Crippen LogP contribution in [0.3, 0.4) is 0 Å². The van der Waals surface area contributed by atoms with Gasteiger partial charge in [0, 0.05) is 11.3 Å². The minimum absolute atomic E-state index is 0.0638. The van der Waals surface area contributed by atoms with E-state index >= 15 is 0 Å². The van der Waals surface area contributed by atoms with E-state index < -0.39 is 18.0 Å². The number of esters is 1. The number of amides is 1. The van der Waals surface area contributed by atoms with Gasteiger partial charge in [-0.2, -0.15) is 0 Å². The van der Waals surface area contributed by atoms with Gasteiger partial charge in [-0.25, -0.2) is 4.79 Å². The van der Waals surface area contributed by atoms with E-state index in [-0.39, 0.29) is 11.3 Å². The zero-order chi connectivity index (χ0) is 20.7. The lowest BCUT2D eigenvalue weighted by Gasteiger charge is -2.15. The molecule has 1 atom stereocenters. The van der Waals surface area contributed by atoms with E-state index in [0.717, 1.165) is 0 Å². The zero-order valence-corrected chi connectivity index (χ0v) is 16.3. The van der Waals surface area contributed by atoms with E-state index in [1.165, 1.54) is 33.1 Å². The Morgan fingerprint density at radius 2 is 1.64 bits per heavy atom. The number of ketones is 1. The Hall–Kier alpha value is -3.35. The third kappa shape index (κ3) is 5.33. The van der Waals surface area contributed by atoms with Gasteiger partial charge in [-0.3, -0.25) is 9.59 Å². The molecule has 2 aromatic carbocycles. The fourth-order valence-electron chi connectivity index (χ4n) is 2.39. The van der Waals surface area contributed by atoms with Crippen molar-refractivity contribution < 1.29 is 28.6 Å². The molecule has 28 heavy (non-hydrogen) atoms. The van der Waals surface area contributed by atoms with Gasteiger partial charge < -0.3 is 19.5 Å². The molecule has 0 spiro atoms. The van der Waals surface area contributed by atoms with Gasteiger partial charge in [-0.15, -0.1) is 0 Å². The molecule has 1 N–H and O–H groups in total. The molecule has 0 unspecified atom stereocenters. The summed E-state index contributed by atoms with van der Waals surface area (Å²) in [6.07, 6.45) is -1.02. The van der Waals surface area contributed by atoms with E-state index in [1.54, 1.807) is 30.3 Å². The maximum atomic E-state index is 12.4. The lowest BCUT2D eigenvalue weighted by molar-refractivity contribution is -0.123. The zero-order valence-electron chi connectivity index (χ0n) is 16.3. The number of methoxy groups -OCH3 is 1. The average Bonchev–Trinajstić information content (AvgIpc) is 2.68. The monoisotopic (exact) mass is 385 g/mol. The number of hydrogen-bond donors (Lipinski definition) is 1. The van der Waals surface area contributed by atoms with Crippen LogP contribution in [0.2, 0.25) is 0 Å². The molecule has 0 bridgehead atoms. The van der Waals surface area contributed by atoms with E-state index in [9.17, 15) is 14.4 Å². The normalized spacial score (nSPS) is 11.3. The van der Waals surface area contributed by atoms with Crippen LogP contribution in [0.25, 0.3) is 0 Å². The lowest BCUT2D eigenvalue weighted by atomic mass is 10.1. The van der Waals surface area contributed by atoms with Crippen molar-refractivity contribution in [3.8, 4) is 11.5 Å². The van der Waals surface area contributed by atoms with Crippen LogP contribution in [0.5, 0.6) is 11.5 Å². The smallest absolute Gasteiger partial charge is 0.339 e. The van der Waals surface area contributed by atoms with Crippen LogP contribution in [0, 0.1) is 0 Å². The number of anilines is 1. The minimum Gasteiger partial charge on any atom is -0.493 e. The number of carbonyl (C=O) groups excluding carboxylic acids is 3. The third-order valence-electron chi connectivity index (χ3n) is 3.91. The molecule has 0 fully saturated rings. The van der Waals surface area contributed by atoms with Gasteiger partial charge in [0.05, 0.1) is 19.3 Å². The largest absolute Gasteiger partial charge is 0.493 e. The van der Waals surface area contributed by atoms with Crippen LogP contribution < -0.4 is 14.8 Å². The molecule has 0 aromatic heterocycles. The highest BCUT2D eigenvalue weighted by atomic mass is 16.5. The summed E-state index contributed by atoms with van der Waals surface area (Å²) in [5.74, 6) is -0.285. The molecule has 2 rings (SSSR count). The van der Waals surface area contributed by atoms with Crippen molar-refractivity contribution in [1.82, 2.24) is 0 Å². The molecular formula is C21H23NO6. The molecule has 7 nitrogen and oxygen atoms in total. The molecule has 0 saturated heterocycles. The van der Waals surface area contributed by atoms with Crippen LogP contribution in [-0.2, 0) is 9.53 Å². The number of Topliss-reactive ketones (excluding diaryl/α,β-unsaturated/α-hetero) is 1. The summed E-state index contributed by atoms with van der Waals surface area (Å²) in [6, 6.07) is 11.1. The average molecular weight is 385 g/mol. The molecule has 1 amide bonds. The Morgan fingerprint density at radius 1 is 1.00 bits per heavy atom. The first-order valence-corrected chi connectivity index (χ1v) is 8.79. The summed E-state index contributed by atoms with van der Waals surface area (Å²) in [5, 5.41) is 2.64. The van der Waals surface area contributed by atoms with Crippen LogP contribution in [0.4, 0.5) is 5.69 Å². The first kappa shape index (κ1) is 21.0. The highest BCUT2D eigenvalue weighted by Crippen LogP contribution is 2.28. The highest BCUT2D eigenvalue weighted by Gasteiger charge is 2.20. The molecular weight excluding hydrogens is 362 g/mol. The van der Waals surface area contributed by atoms with Crippen molar-refractivity contribution in [2.45, 2.75) is 26.9 Å². The number of rotatable bonds is 8. The highest BCUT2D eigenvalue weighted by molar-refractivity contribution is 5.98. The Labute approximate surface area is 163 Å². The van der Waals surface area contributed by atoms with Crippen molar-refractivity contribution in [2.24, 2.45) is 0 Å². The van der Waals surface area contributed by atoms with E-state index in [0.29, 0.717) is 29.4 Å². The number of hydrogen-bond acceptors (Lipinski definition) is 6. The Bertz CT molecular complexity index is 860. The summed E-state index contributed by atoms with van der Waals surface area (Å²) >= 11 is 0. The van der Waals surface area contributed by atoms with Crippen molar-refractivity contribution in [2.75, 3.05) is 19.0 Å². The van der Waals surface area contributed by atoms with Gasteiger partial charge >= 0.3 is 5.97 Å². The van der Waals surface area contributed by atoms with Crippen LogP contribution in [-0.4, -0.2) is 37.5 Å². The topological polar surface area (TPSA) is 90.9 Å². The van der Waals surface area contributed by atoms with E-state index in [2.05, 4.69) is 5.32 Å². The number of benzene rings is 2. The van der Waals surface area contributed by atoms with Gasteiger partial charge in [0.2, 0.25) is 0 Å². The maximum Gasteiger partial charge on any atom is 0.339 e. The second-order valence-electron chi connectivity index (χ2n) is 5.97. The molecule has 7 heteroatoms. The molecule has 0 radical (unpaired) electrons. The fourth-order valence-corrected chi connectivity index (χ4v) is 2.39. The van der Waals surface area contributed by atoms with Gasteiger partial charge in [0.25, 0.3) is 5.91 Å². The van der Waals surface area contributed by atoms with Gasteiger partial charge in [0.1, 0.15) is 0 Å². The second kappa shape index (κ2) is 9.55. The number of ether oxygens (including phenoxy) is 3. The standard InChI is InChI=1S/C21H23NO6/c1-5-27-19-12-16(8-11-18(19)26-4)21(25)28-14(3)20(24)22-17-9-6-15(7-10-17)13(2)23/h6-12,14H,5H2,1-4H3,(H,22,24)/t14-/m1/s1. The lowest BCUT2D eigenvalue weighted by Crippen LogP contribution is -2.30. The first-order valence-electron chi connectivity index (χ1n) is 8.79. The summed E-state index contributed by atoms with van der Waals surface area (Å²) in [4.78, 5) is 35.9. The van der Waals surface area contributed by atoms with Gasteiger partial charge in [0.15, 0.2) is 23.4 Å². The van der Waals surface area contributed by atoms with Crippen molar-refractivity contribution in [1.29, 1.82) is 0 Å². The minimum atomic E-state index is -1.02. The maximum absolute atomic E-state index is 12.4. The number of nitrogens with one attached hydrogen (secondary N) is 1. The van der Waals surface area contributed by atoms with Crippen LogP contribution in [0.1, 0.15) is 41.5 Å². The van der Waals surface area contributed by atoms with Gasteiger partial charge in [-0.05, 0) is 63.2 Å². The molecule has 148 valence electrons. The van der Waals surface area contributed by atoms with E-state index in [4.69, 9.17) is 14.2 Å². The van der Waals surface area contributed by atoms with Crippen LogP contribution >= 0.6 is 0 Å². The molecule has 0 aliphatic carbocycles. The summed E-state index contributed by atoms with van der Waals surface area (Å²) in [6.45, 7) is 5.17. The Kier molecular flexibility index (Phi) is 7.14. The molecule has 0 heterocycles. The SMILES string of the molecule is CCOc1cc(C(=O)O[C@H](C)C(=O)Nc2ccc(C(C)=O)cc2)ccc1OC. The second-order valence-corrected chi connectivity index (χ2v) is 5.97. The molecule has 0 saturated carbocycles. The Balaban J connectivity index is 2.02. The predicted octanol–water partition coefficient (Wildman–Crippen LogP) is 3.48. The molecule has 0 aliphatic rings. The molecule has 2 aromatic rings. The van der Waals surface area contributed by atoms with Crippen molar-refractivity contribution >= 4 is 23.3 Å². The predicted molar refractivity (Wildman–Crippen MR) is 104 cm³/mol. The van der Waals surface area contributed by atoms with Crippen molar-refractivity contribution in [3.63, 3.8) is 0 Å². The van der Waals surface area contributed by atoms with Gasteiger partial charge in [-0.1, -0.05) is 0 Å². The number of carbonyl (C=O) groups is 3. The van der Waals surface area contributed by atoms with E-state index in [1.807, 2.05) is 6.92 Å². The summed E-state index contributed by atoms with van der Waals surface area (Å²) in [7, 11) is 1.51. The quantitative estimate of drug-likeness (QED) is 0.553. The molecule has 0 aliphatic heterocycles. The third-order valence-corrected chi connectivity index (χ3v) is 3.91. The van der Waals surface area contributed by atoms with Crippen molar-refractivity contribution in [3.05, 3.63) is 53.6 Å². The first-order chi connectivity index (χ1) is 13.3. The fraction of sp³-hybridized carbons (Fsp3) is 0.286.